The van der Waals surface area contributed by atoms with E-state index in [1.54, 1.807) is 6.92 Å². The molecule has 6 heteroatoms. The fourth-order valence-corrected chi connectivity index (χ4v) is 1.96. The van der Waals surface area contributed by atoms with Gasteiger partial charge >= 0.3 is 6.01 Å². The smallest absolute Gasteiger partial charge is 0.322 e. The highest BCUT2D eigenvalue weighted by molar-refractivity contribution is 5.94. The van der Waals surface area contributed by atoms with Gasteiger partial charge < -0.3 is 9.40 Å². The summed E-state index contributed by atoms with van der Waals surface area (Å²) in [5, 5.41) is 11.0. The highest BCUT2D eigenvalue weighted by Gasteiger charge is 2.11. The summed E-state index contributed by atoms with van der Waals surface area (Å²) in [5.41, 5.74) is 1.95. The Morgan fingerprint density at radius 2 is 2.21 bits per heavy atom. The number of aryl methyl sites for hydroxylation is 1. The highest BCUT2D eigenvalue weighted by Crippen LogP contribution is 2.18. The third kappa shape index (κ3) is 2.33. The number of carbonyl (C=O) groups excluding carboxylic acids is 1. The third-order valence-corrected chi connectivity index (χ3v) is 2.80. The standard InChI is InChI=1S/C13H12N4O2/c1-8-16-17-13(19-8)15-12(18)6-9-7-14-11-5-3-2-4-10(9)11/h2-5,7,14H,6H2,1H3,(H,15,17,18). The summed E-state index contributed by atoms with van der Waals surface area (Å²) in [6.07, 6.45) is 2.09. The fourth-order valence-electron chi connectivity index (χ4n) is 1.96. The Morgan fingerprint density at radius 1 is 1.37 bits per heavy atom. The van der Waals surface area contributed by atoms with Crippen LogP contribution >= 0.6 is 0 Å². The molecule has 2 heterocycles. The number of nitrogens with one attached hydrogen (secondary N) is 2. The lowest BCUT2D eigenvalue weighted by atomic mass is 10.1. The van der Waals surface area contributed by atoms with Gasteiger partial charge in [-0.3, -0.25) is 10.1 Å². The zero-order valence-electron chi connectivity index (χ0n) is 10.3. The Morgan fingerprint density at radius 3 is 3.00 bits per heavy atom. The number of aromatic amines is 1. The average Bonchev–Trinajstić information content (AvgIpc) is 2.97. The molecule has 2 aromatic heterocycles. The highest BCUT2D eigenvalue weighted by atomic mass is 16.4. The zero-order valence-corrected chi connectivity index (χ0v) is 10.3. The number of aromatic nitrogens is 3. The first-order chi connectivity index (χ1) is 9.22. The number of carbonyl (C=O) groups is 1. The van der Waals surface area contributed by atoms with Crippen LogP contribution in [0.2, 0.25) is 0 Å². The van der Waals surface area contributed by atoms with Crippen molar-refractivity contribution in [3.63, 3.8) is 0 Å². The van der Waals surface area contributed by atoms with Crippen molar-refractivity contribution in [2.45, 2.75) is 13.3 Å². The van der Waals surface area contributed by atoms with Gasteiger partial charge in [0.25, 0.3) is 0 Å². The summed E-state index contributed by atoms with van der Waals surface area (Å²) in [5.74, 6) is 0.232. The van der Waals surface area contributed by atoms with Gasteiger partial charge in [-0.25, -0.2) is 0 Å². The Balaban J connectivity index is 1.76. The number of amides is 1. The minimum Gasteiger partial charge on any atom is -0.408 e. The maximum atomic E-state index is 11.9. The summed E-state index contributed by atoms with van der Waals surface area (Å²) in [4.78, 5) is 15.0. The van der Waals surface area contributed by atoms with Crippen LogP contribution in [0, 0.1) is 6.92 Å². The van der Waals surface area contributed by atoms with E-state index in [4.69, 9.17) is 4.42 Å². The van der Waals surface area contributed by atoms with Gasteiger partial charge in [0.2, 0.25) is 11.8 Å². The van der Waals surface area contributed by atoms with Crippen molar-refractivity contribution in [3.8, 4) is 0 Å². The summed E-state index contributed by atoms with van der Waals surface area (Å²) in [6.45, 7) is 1.67. The number of hydrogen-bond acceptors (Lipinski definition) is 4. The number of benzene rings is 1. The van der Waals surface area contributed by atoms with Crippen LogP contribution in [0.3, 0.4) is 0 Å². The molecule has 0 aliphatic rings. The molecule has 19 heavy (non-hydrogen) atoms. The first-order valence-electron chi connectivity index (χ1n) is 5.87. The maximum absolute atomic E-state index is 11.9. The number of nitrogens with zero attached hydrogens (tertiary/aromatic N) is 2. The SMILES string of the molecule is Cc1nnc(NC(=O)Cc2c[nH]c3ccccc23)o1. The molecule has 0 atom stereocenters. The Kier molecular flexibility index (Phi) is 2.75. The molecule has 1 aromatic carbocycles. The normalized spacial score (nSPS) is 10.8. The van der Waals surface area contributed by atoms with E-state index in [1.165, 1.54) is 0 Å². The number of H-pyrrole nitrogens is 1. The number of hydrogen-bond donors (Lipinski definition) is 2. The lowest BCUT2D eigenvalue weighted by molar-refractivity contribution is -0.115. The molecule has 0 saturated carbocycles. The molecule has 0 bridgehead atoms. The molecule has 3 rings (SSSR count). The minimum absolute atomic E-state index is 0.127. The van der Waals surface area contributed by atoms with Crippen molar-refractivity contribution in [3.05, 3.63) is 41.9 Å². The van der Waals surface area contributed by atoms with E-state index in [2.05, 4.69) is 20.5 Å². The first kappa shape index (κ1) is 11.5. The maximum Gasteiger partial charge on any atom is 0.322 e. The van der Waals surface area contributed by atoms with E-state index in [1.807, 2.05) is 30.5 Å². The largest absolute Gasteiger partial charge is 0.408 e. The van der Waals surface area contributed by atoms with Crippen molar-refractivity contribution in [2.24, 2.45) is 0 Å². The fraction of sp³-hybridized carbons (Fsp3) is 0.154. The monoisotopic (exact) mass is 256 g/mol. The molecule has 0 fully saturated rings. The minimum atomic E-state index is -0.187. The van der Waals surface area contributed by atoms with Gasteiger partial charge in [-0.1, -0.05) is 23.3 Å². The second-order valence-electron chi connectivity index (χ2n) is 4.21. The third-order valence-electron chi connectivity index (χ3n) is 2.80. The molecule has 0 unspecified atom stereocenters. The molecular weight excluding hydrogens is 244 g/mol. The van der Waals surface area contributed by atoms with Crippen LogP contribution in [0.4, 0.5) is 6.01 Å². The van der Waals surface area contributed by atoms with Crippen molar-refractivity contribution in [1.82, 2.24) is 15.2 Å². The molecule has 2 N–H and O–H groups in total. The van der Waals surface area contributed by atoms with Gasteiger partial charge in [0.1, 0.15) is 0 Å². The molecule has 1 amide bonds. The summed E-state index contributed by atoms with van der Waals surface area (Å²) < 4.78 is 5.10. The van der Waals surface area contributed by atoms with E-state index in [0.717, 1.165) is 16.5 Å². The van der Waals surface area contributed by atoms with E-state index in [9.17, 15) is 4.79 Å². The lowest BCUT2D eigenvalue weighted by Gasteiger charge is -1.99. The molecule has 0 radical (unpaired) electrons. The Labute approximate surface area is 108 Å². The average molecular weight is 256 g/mol. The van der Waals surface area contributed by atoms with Crippen LogP contribution in [0.5, 0.6) is 0 Å². The van der Waals surface area contributed by atoms with Crippen LogP contribution < -0.4 is 5.32 Å². The van der Waals surface area contributed by atoms with Gasteiger partial charge in [-0.05, 0) is 11.6 Å². The van der Waals surface area contributed by atoms with Crippen molar-refractivity contribution in [2.75, 3.05) is 5.32 Å². The van der Waals surface area contributed by atoms with E-state index >= 15 is 0 Å². The second-order valence-corrected chi connectivity index (χ2v) is 4.21. The zero-order chi connectivity index (χ0) is 13.2. The van der Waals surface area contributed by atoms with Gasteiger partial charge in [0.05, 0.1) is 6.42 Å². The number of rotatable bonds is 3. The molecule has 0 aliphatic heterocycles. The molecular formula is C13H12N4O2. The summed E-state index contributed by atoms with van der Waals surface area (Å²) in [6, 6.07) is 7.97. The van der Waals surface area contributed by atoms with Gasteiger partial charge in [0, 0.05) is 24.0 Å². The van der Waals surface area contributed by atoms with Crippen molar-refractivity contribution < 1.29 is 9.21 Å². The lowest BCUT2D eigenvalue weighted by Crippen LogP contribution is -2.14. The molecule has 3 aromatic rings. The topological polar surface area (TPSA) is 83.8 Å². The Hall–Kier alpha value is -2.63. The first-order valence-corrected chi connectivity index (χ1v) is 5.87. The second kappa shape index (κ2) is 4.56. The molecule has 6 nitrogen and oxygen atoms in total. The van der Waals surface area contributed by atoms with Crippen LogP contribution in [0.15, 0.2) is 34.9 Å². The van der Waals surface area contributed by atoms with Crippen LogP contribution in [-0.2, 0) is 11.2 Å². The number of fused-ring (bicyclic) bond motifs is 1. The predicted molar refractivity (Wildman–Crippen MR) is 69.7 cm³/mol. The van der Waals surface area contributed by atoms with E-state index in [-0.39, 0.29) is 18.3 Å². The van der Waals surface area contributed by atoms with Crippen LogP contribution in [0.25, 0.3) is 10.9 Å². The van der Waals surface area contributed by atoms with Gasteiger partial charge in [0.15, 0.2) is 0 Å². The molecule has 0 aliphatic carbocycles. The van der Waals surface area contributed by atoms with Crippen LogP contribution in [-0.4, -0.2) is 21.1 Å². The summed E-state index contributed by atoms with van der Waals surface area (Å²) >= 11 is 0. The van der Waals surface area contributed by atoms with Crippen molar-refractivity contribution in [1.29, 1.82) is 0 Å². The summed E-state index contributed by atoms with van der Waals surface area (Å²) in [7, 11) is 0. The molecule has 96 valence electrons. The molecule has 0 spiro atoms. The van der Waals surface area contributed by atoms with E-state index < -0.39 is 0 Å². The van der Waals surface area contributed by atoms with Crippen LogP contribution in [0.1, 0.15) is 11.5 Å². The number of para-hydroxylation sites is 1. The van der Waals surface area contributed by atoms with Gasteiger partial charge in [-0.2, -0.15) is 0 Å². The van der Waals surface area contributed by atoms with E-state index in [0.29, 0.717) is 5.89 Å². The predicted octanol–water partition coefficient (Wildman–Crippen LogP) is 2.04. The van der Waals surface area contributed by atoms with Crippen molar-refractivity contribution >= 4 is 22.8 Å². The Bertz CT molecular complexity index is 729. The quantitative estimate of drug-likeness (QED) is 0.751. The number of anilines is 1. The molecule has 0 saturated heterocycles. The van der Waals surface area contributed by atoms with Gasteiger partial charge in [-0.15, -0.1) is 5.10 Å².